The van der Waals surface area contributed by atoms with Gasteiger partial charge in [-0.1, -0.05) is 17.7 Å². The van der Waals surface area contributed by atoms with Gasteiger partial charge in [0.2, 0.25) is 0 Å². The van der Waals surface area contributed by atoms with Gasteiger partial charge in [-0.3, -0.25) is 0 Å². The molecule has 2 rings (SSSR count). The SMILES string of the molecule is CNCCc1[nH]c2c(C)c(Cl)ccc2c1C. The van der Waals surface area contributed by atoms with E-state index in [0.29, 0.717) is 0 Å². The number of nitrogens with one attached hydrogen (secondary N) is 2. The maximum Gasteiger partial charge on any atom is 0.0503 e. The predicted octanol–water partition coefficient (Wildman–Crippen LogP) is 3.20. The molecule has 0 amide bonds. The third-order valence-corrected chi connectivity index (χ3v) is 3.57. The first-order chi connectivity index (χ1) is 7.65. The van der Waals surface area contributed by atoms with Crippen LogP contribution in [0.5, 0.6) is 0 Å². The van der Waals surface area contributed by atoms with Crippen molar-refractivity contribution >= 4 is 22.5 Å². The van der Waals surface area contributed by atoms with Gasteiger partial charge in [-0.25, -0.2) is 0 Å². The van der Waals surface area contributed by atoms with E-state index in [-0.39, 0.29) is 0 Å². The Morgan fingerprint density at radius 3 is 2.69 bits per heavy atom. The van der Waals surface area contributed by atoms with E-state index in [4.69, 9.17) is 11.6 Å². The van der Waals surface area contributed by atoms with Crippen molar-refractivity contribution in [1.29, 1.82) is 0 Å². The van der Waals surface area contributed by atoms with Gasteiger partial charge >= 0.3 is 0 Å². The second kappa shape index (κ2) is 4.48. The molecule has 1 aromatic carbocycles. The van der Waals surface area contributed by atoms with E-state index in [0.717, 1.165) is 23.6 Å². The lowest BCUT2D eigenvalue weighted by Gasteiger charge is -1.98. The number of aryl methyl sites for hydroxylation is 2. The monoisotopic (exact) mass is 236 g/mol. The van der Waals surface area contributed by atoms with E-state index in [1.165, 1.54) is 22.2 Å². The van der Waals surface area contributed by atoms with Gasteiger partial charge < -0.3 is 10.3 Å². The van der Waals surface area contributed by atoms with Crippen molar-refractivity contribution in [2.75, 3.05) is 13.6 Å². The largest absolute Gasteiger partial charge is 0.358 e. The highest BCUT2D eigenvalue weighted by molar-refractivity contribution is 6.32. The second-order valence-electron chi connectivity index (χ2n) is 4.18. The molecular weight excluding hydrogens is 220 g/mol. The van der Waals surface area contributed by atoms with Crippen LogP contribution < -0.4 is 5.32 Å². The second-order valence-corrected chi connectivity index (χ2v) is 4.58. The van der Waals surface area contributed by atoms with Crippen molar-refractivity contribution in [2.24, 2.45) is 0 Å². The third-order valence-electron chi connectivity index (χ3n) is 3.16. The molecule has 86 valence electrons. The zero-order chi connectivity index (χ0) is 11.7. The van der Waals surface area contributed by atoms with E-state index in [2.05, 4.69) is 30.2 Å². The average molecular weight is 237 g/mol. The first kappa shape index (κ1) is 11.5. The van der Waals surface area contributed by atoms with Crippen molar-refractivity contribution in [3.63, 3.8) is 0 Å². The molecule has 0 saturated carbocycles. The highest BCUT2D eigenvalue weighted by atomic mass is 35.5. The summed E-state index contributed by atoms with van der Waals surface area (Å²) in [6.07, 6.45) is 1.02. The lowest BCUT2D eigenvalue weighted by atomic mass is 10.1. The van der Waals surface area contributed by atoms with Crippen molar-refractivity contribution in [3.05, 3.63) is 34.0 Å². The fraction of sp³-hybridized carbons (Fsp3) is 0.385. The van der Waals surface area contributed by atoms with Gasteiger partial charge in [-0.2, -0.15) is 0 Å². The molecule has 0 unspecified atom stereocenters. The molecule has 0 bridgehead atoms. The summed E-state index contributed by atoms with van der Waals surface area (Å²) in [4.78, 5) is 3.48. The maximum absolute atomic E-state index is 6.12. The van der Waals surface area contributed by atoms with Crippen LogP contribution in [0.2, 0.25) is 5.02 Å². The van der Waals surface area contributed by atoms with Crippen LogP contribution in [0.1, 0.15) is 16.8 Å². The van der Waals surface area contributed by atoms with Crippen LogP contribution in [0, 0.1) is 13.8 Å². The molecule has 0 radical (unpaired) electrons. The first-order valence-electron chi connectivity index (χ1n) is 5.56. The Hall–Kier alpha value is -0.990. The third kappa shape index (κ3) is 1.83. The lowest BCUT2D eigenvalue weighted by molar-refractivity contribution is 0.778. The van der Waals surface area contributed by atoms with Gasteiger partial charge in [0.25, 0.3) is 0 Å². The minimum atomic E-state index is 0.828. The highest BCUT2D eigenvalue weighted by Gasteiger charge is 2.10. The fourth-order valence-corrected chi connectivity index (χ4v) is 2.22. The molecule has 0 aliphatic heterocycles. The highest BCUT2D eigenvalue weighted by Crippen LogP contribution is 2.28. The number of benzene rings is 1. The number of aromatic nitrogens is 1. The standard InChI is InChI=1S/C13H17ClN2/c1-8-10-4-5-11(14)9(2)13(10)16-12(8)6-7-15-3/h4-5,15-16H,6-7H2,1-3H3. The van der Waals surface area contributed by atoms with Gasteiger partial charge in [-0.15, -0.1) is 0 Å². The molecule has 2 N–H and O–H groups in total. The summed E-state index contributed by atoms with van der Waals surface area (Å²) >= 11 is 6.12. The molecule has 3 heteroatoms. The zero-order valence-electron chi connectivity index (χ0n) is 9.95. The lowest BCUT2D eigenvalue weighted by Crippen LogP contribution is -2.10. The molecule has 1 heterocycles. The summed E-state index contributed by atoms with van der Waals surface area (Å²) in [6.45, 7) is 5.21. The Kier molecular flexibility index (Phi) is 3.22. The van der Waals surface area contributed by atoms with Crippen LogP contribution in [0.25, 0.3) is 10.9 Å². The van der Waals surface area contributed by atoms with Gasteiger partial charge in [0.1, 0.15) is 0 Å². The first-order valence-corrected chi connectivity index (χ1v) is 5.93. The Labute approximate surface area is 101 Å². The zero-order valence-corrected chi connectivity index (χ0v) is 10.7. The fourth-order valence-electron chi connectivity index (χ4n) is 2.07. The molecule has 2 aromatic rings. The number of aromatic amines is 1. The molecule has 16 heavy (non-hydrogen) atoms. The summed E-state index contributed by atoms with van der Waals surface area (Å²) in [5.74, 6) is 0. The molecule has 0 atom stereocenters. The van der Waals surface area contributed by atoms with Crippen LogP contribution in [-0.4, -0.2) is 18.6 Å². The molecule has 0 saturated heterocycles. The van der Waals surface area contributed by atoms with Crippen LogP contribution >= 0.6 is 11.6 Å². The summed E-state index contributed by atoms with van der Waals surface area (Å²) in [6, 6.07) is 4.07. The number of likely N-dealkylation sites (N-methyl/N-ethyl adjacent to an activating group) is 1. The molecule has 0 fully saturated rings. The Morgan fingerprint density at radius 2 is 2.00 bits per heavy atom. The molecule has 0 aliphatic carbocycles. The predicted molar refractivity (Wildman–Crippen MR) is 70.4 cm³/mol. The summed E-state index contributed by atoms with van der Waals surface area (Å²) in [5.41, 5.74) is 4.95. The molecule has 0 aliphatic rings. The topological polar surface area (TPSA) is 27.8 Å². The van der Waals surface area contributed by atoms with Crippen LogP contribution in [0.15, 0.2) is 12.1 Å². The van der Waals surface area contributed by atoms with Gasteiger partial charge in [0.15, 0.2) is 0 Å². The average Bonchev–Trinajstić information content (AvgIpc) is 2.59. The van der Waals surface area contributed by atoms with Crippen molar-refractivity contribution in [1.82, 2.24) is 10.3 Å². The van der Waals surface area contributed by atoms with E-state index < -0.39 is 0 Å². The van der Waals surface area contributed by atoms with Crippen molar-refractivity contribution < 1.29 is 0 Å². The molecular formula is C13H17ClN2. The number of rotatable bonds is 3. The molecule has 2 nitrogen and oxygen atoms in total. The van der Waals surface area contributed by atoms with Crippen LogP contribution in [0.3, 0.4) is 0 Å². The summed E-state index contributed by atoms with van der Waals surface area (Å²) < 4.78 is 0. The maximum atomic E-state index is 6.12. The normalized spacial score (nSPS) is 11.2. The number of fused-ring (bicyclic) bond motifs is 1. The van der Waals surface area contributed by atoms with Gasteiger partial charge in [-0.05, 0) is 38.1 Å². The number of hydrogen-bond donors (Lipinski definition) is 2. The Balaban J connectivity index is 2.54. The van der Waals surface area contributed by atoms with Gasteiger partial charge in [0.05, 0.1) is 5.52 Å². The number of hydrogen-bond acceptors (Lipinski definition) is 1. The van der Waals surface area contributed by atoms with Crippen molar-refractivity contribution in [3.8, 4) is 0 Å². The van der Waals surface area contributed by atoms with Crippen LogP contribution in [0.4, 0.5) is 0 Å². The summed E-state index contributed by atoms with van der Waals surface area (Å²) in [7, 11) is 1.97. The minimum absolute atomic E-state index is 0.828. The molecule has 1 aromatic heterocycles. The molecule has 0 spiro atoms. The summed E-state index contributed by atoms with van der Waals surface area (Å²) in [5, 5.41) is 5.28. The van der Waals surface area contributed by atoms with E-state index in [1.54, 1.807) is 0 Å². The van der Waals surface area contributed by atoms with E-state index in [9.17, 15) is 0 Å². The number of halogens is 1. The van der Waals surface area contributed by atoms with Crippen LogP contribution in [-0.2, 0) is 6.42 Å². The smallest absolute Gasteiger partial charge is 0.0503 e. The Morgan fingerprint density at radius 1 is 1.25 bits per heavy atom. The minimum Gasteiger partial charge on any atom is -0.358 e. The van der Waals surface area contributed by atoms with E-state index in [1.807, 2.05) is 13.1 Å². The van der Waals surface area contributed by atoms with E-state index >= 15 is 0 Å². The Bertz CT molecular complexity index is 514. The van der Waals surface area contributed by atoms with Gasteiger partial charge in [0, 0.05) is 29.1 Å². The number of H-pyrrole nitrogens is 1. The quantitative estimate of drug-likeness (QED) is 0.842. The van der Waals surface area contributed by atoms with Crippen molar-refractivity contribution in [2.45, 2.75) is 20.3 Å².